The van der Waals surface area contributed by atoms with E-state index in [9.17, 15) is 9.59 Å². The van der Waals surface area contributed by atoms with Crippen molar-refractivity contribution in [1.82, 2.24) is 0 Å². The van der Waals surface area contributed by atoms with Crippen LogP contribution < -0.4 is 0 Å². The van der Waals surface area contributed by atoms with Crippen molar-refractivity contribution in [3.8, 4) is 0 Å². The molecule has 0 saturated heterocycles. The van der Waals surface area contributed by atoms with Gasteiger partial charge >= 0.3 is 11.9 Å². The third-order valence-electron chi connectivity index (χ3n) is 3.86. The number of rotatable bonds is 5. The van der Waals surface area contributed by atoms with Gasteiger partial charge in [-0.3, -0.25) is 9.59 Å². The summed E-state index contributed by atoms with van der Waals surface area (Å²) in [5.74, 6) is -1.72. The van der Waals surface area contributed by atoms with E-state index in [2.05, 4.69) is 0 Å². The van der Waals surface area contributed by atoms with E-state index in [1.807, 2.05) is 30.3 Å². The van der Waals surface area contributed by atoms with Crippen LogP contribution in [0.15, 0.2) is 30.3 Å². The summed E-state index contributed by atoms with van der Waals surface area (Å²) in [6, 6.07) is 9.79. The third-order valence-corrected chi connectivity index (χ3v) is 3.86. The van der Waals surface area contributed by atoms with E-state index in [4.69, 9.17) is 14.2 Å². The molecule has 2 atom stereocenters. The molecule has 1 aromatic rings. The molecule has 0 radical (unpaired) electrons. The zero-order valence-electron chi connectivity index (χ0n) is 12.3. The molecule has 0 heterocycles. The second-order valence-electron chi connectivity index (χ2n) is 5.15. The minimum absolute atomic E-state index is 0.140. The highest BCUT2D eigenvalue weighted by Gasteiger charge is 2.44. The lowest BCUT2D eigenvalue weighted by Crippen LogP contribution is -2.27. The maximum absolute atomic E-state index is 11.8. The van der Waals surface area contributed by atoms with Gasteiger partial charge in [0.2, 0.25) is 0 Å². The highest BCUT2D eigenvalue weighted by Crippen LogP contribution is 2.36. The molecule has 0 aliphatic heterocycles. The average molecular weight is 292 g/mol. The molecular weight excluding hydrogens is 272 g/mol. The summed E-state index contributed by atoms with van der Waals surface area (Å²) in [4.78, 5) is 23.6. The minimum atomic E-state index is -0.483. The van der Waals surface area contributed by atoms with Crippen molar-refractivity contribution in [3.05, 3.63) is 35.9 Å². The van der Waals surface area contributed by atoms with Crippen LogP contribution in [0.4, 0.5) is 0 Å². The van der Waals surface area contributed by atoms with Crippen LogP contribution in [0.3, 0.4) is 0 Å². The predicted molar refractivity (Wildman–Crippen MR) is 75.3 cm³/mol. The lowest BCUT2D eigenvalue weighted by molar-refractivity contribution is -0.156. The summed E-state index contributed by atoms with van der Waals surface area (Å²) in [6.07, 6.45) is 0.830. The Balaban J connectivity index is 1.96. The molecule has 114 valence electrons. The van der Waals surface area contributed by atoms with Crippen LogP contribution in [0.25, 0.3) is 0 Å². The zero-order chi connectivity index (χ0) is 15.2. The first-order valence-electron chi connectivity index (χ1n) is 6.97. The lowest BCUT2D eigenvalue weighted by atomic mass is 9.96. The standard InChI is InChI=1S/C16H20O5/c1-19-15(17)13-8-12(9-14(13)16(18)20-2)21-10-11-6-4-3-5-7-11/h3-7,12-14H,8-10H2,1-2H3. The first-order valence-corrected chi connectivity index (χ1v) is 6.97. The molecule has 0 amide bonds. The van der Waals surface area contributed by atoms with E-state index in [0.29, 0.717) is 19.4 Å². The molecule has 2 rings (SSSR count). The second-order valence-corrected chi connectivity index (χ2v) is 5.15. The summed E-state index contributed by atoms with van der Waals surface area (Å²) >= 11 is 0. The minimum Gasteiger partial charge on any atom is -0.469 e. The Morgan fingerprint density at radius 1 is 1.00 bits per heavy atom. The molecule has 1 saturated carbocycles. The fraction of sp³-hybridized carbons (Fsp3) is 0.500. The fourth-order valence-electron chi connectivity index (χ4n) is 2.74. The molecule has 1 aliphatic carbocycles. The molecule has 0 bridgehead atoms. The number of methoxy groups -OCH3 is 2. The number of hydrogen-bond donors (Lipinski definition) is 0. The third kappa shape index (κ3) is 3.82. The van der Waals surface area contributed by atoms with Gasteiger partial charge in [0, 0.05) is 0 Å². The predicted octanol–water partition coefficient (Wildman–Crippen LogP) is 1.94. The van der Waals surface area contributed by atoms with Gasteiger partial charge in [0.1, 0.15) is 0 Å². The monoisotopic (exact) mass is 292 g/mol. The highest BCUT2D eigenvalue weighted by atomic mass is 16.5. The molecule has 5 heteroatoms. The normalized spacial score (nSPS) is 24.6. The Labute approximate surface area is 124 Å². The molecule has 0 spiro atoms. The molecule has 1 aliphatic rings. The van der Waals surface area contributed by atoms with E-state index < -0.39 is 11.8 Å². The van der Waals surface area contributed by atoms with Crippen molar-refractivity contribution in [1.29, 1.82) is 0 Å². The number of benzene rings is 1. The number of ether oxygens (including phenoxy) is 3. The number of hydrogen-bond acceptors (Lipinski definition) is 5. The summed E-state index contributed by atoms with van der Waals surface area (Å²) < 4.78 is 15.4. The van der Waals surface area contributed by atoms with Crippen LogP contribution >= 0.6 is 0 Å². The quantitative estimate of drug-likeness (QED) is 0.776. The first kappa shape index (κ1) is 15.5. The van der Waals surface area contributed by atoms with Gasteiger partial charge in [-0.05, 0) is 18.4 Å². The van der Waals surface area contributed by atoms with Crippen LogP contribution in [0, 0.1) is 11.8 Å². The Morgan fingerprint density at radius 3 is 2.00 bits per heavy atom. The topological polar surface area (TPSA) is 61.8 Å². The summed E-state index contributed by atoms with van der Waals surface area (Å²) in [6.45, 7) is 0.466. The van der Waals surface area contributed by atoms with E-state index in [0.717, 1.165) is 5.56 Å². The van der Waals surface area contributed by atoms with Crippen molar-refractivity contribution in [2.75, 3.05) is 14.2 Å². The van der Waals surface area contributed by atoms with Gasteiger partial charge in [0.25, 0.3) is 0 Å². The van der Waals surface area contributed by atoms with Crippen molar-refractivity contribution in [2.45, 2.75) is 25.6 Å². The van der Waals surface area contributed by atoms with Gasteiger partial charge in [-0.15, -0.1) is 0 Å². The molecule has 0 aromatic heterocycles. The molecule has 0 N–H and O–H groups in total. The largest absolute Gasteiger partial charge is 0.469 e. The van der Waals surface area contributed by atoms with Gasteiger partial charge in [0.15, 0.2) is 0 Å². The smallest absolute Gasteiger partial charge is 0.309 e. The van der Waals surface area contributed by atoms with Crippen LogP contribution in [0.1, 0.15) is 18.4 Å². The molecule has 1 aromatic carbocycles. The fourth-order valence-corrected chi connectivity index (χ4v) is 2.74. The van der Waals surface area contributed by atoms with Crippen LogP contribution in [0.2, 0.25) is 0 Å². The Morgan fingerprint density at radius 2 is 1.52 bits per heavy atom. The van der Waals surface area contributed by atoms with Crippen molar-refractivity contribution >= 4 is 11.9 Å². The lowest BCUT2D eigenvalue weighted by Gasteiger charge is -2.13. The Hall–Kier alpha value is -1.88. The van der Waals surface area contributed by atoms with E-state index in [1.54, 1.807) is 0 Å². The SMILES string of the molecule is COC(=O)C1CC(OCc2ccccc2)CC1C(=O)OC. The maximum atomic E-state index is 11.8. The molecule has 5 nitrogen and oxygen atoms in total. The number of esters is 2. The number of carbonyl (C=O) groups excluding carboxylic acids is 2. The maximum Gasteiger partial charge on any atom is 0.309 e. The summed E-state index contributed by atoms with van der Waals surface area (Å²) in [5, 5.41) is 0. The van der Waals surface area contributed by atoms with Gasteiger partial charge in [-0.25, -0.2) is 0 Å². The van der Waals surface area contributed by atoms with Gasteiger partial charge in [-0.2, -0.15) is 0 Å². The van der Waals surface area contributed by atoms with E-state index >= 15 is 0 Å². The van der Waals surface area contributed by atoms with Gasteiger partial charge in [0.05, 0.1) is 38.8 Å². The van der Waals surface area contributed by atoms with E-state index in [-0.39, 0.29) is 18.0 Å². The molecular formula is C16H20O5. The van der Waals surface area contributed by atoms with E-state index in [1.165, 1.54) is 14.2 Å². The first-order chi connectivity index (χ1) is 10.2. The van der Waals surface area contributed by atoms with Crippen molar-refractivity contribution in [2.24, 2.45) is 11.8 Å². The molecule has 21 heavy (non-hydrogen) atoms. The van der Waals surface area contributed by atoms with Crippen molar-refractivity contribution < 1.29 is 23.8 Å². The van der Waals surface area contributed by atoms with Gasteiger partial charge < -0.3 is 14.2 Å². The Bertz CT molecular complexity index is 461. The van der Waals surface area contributed by atoms with Crippen LogP contribution in [-0.2, 0) is 30.4 Å². The highest BCUT2D eigenvalue weighted by molar-refractivity contribution is 5.82. The van der Waals surface area contributed by atoms with Gasteiger partial charge in [-0.1, -0.05) is 30.3 Å². The Kier molecular flexibility index (Phi) is 5.33. The number of carbonyl (C=O) groups is 2. The molecule has 2 unspecified atom stereocenters. The summed E-state index contributed by atoms with van der Waals surface area (Å²) in [5.41, 5.74) is 1.06. The zero-order valence-corrected chi connectivity index (χ0v) is 12.3. The second kappa shape index (κ2) is 7.22. The van der Waals surface area contributed by atoms with Crippen LogP contribution in [0.5, 0.6) is 0 Å². The van der Waals surface area contributed by atoms with Crippen molar-refractivity contribution in [3.63, 3.8) is 0 Å². The molecule has 1 fully saturated rings. The average Bonchev–Trinajstić information content (AvgIpc) is 2.96. The summed E-state index contributed by atoms with van der Waals surface area (Å²) in [7, 11) is 2.66. The van der Waals surface area contributed by atoms with Crippen LogP contribution in [-0.4, -0.2) is 32.3 Å².